The maximum atomic E-state index is 11.9. The van der Waals surface area contributed by atoms with Crippen molar-refractivity contribution in [2.75, 3.05) is 5.73 Å². The van der Waals surface area contributed by atoms with Crippen molar-refractivity contribution >= 4 is 5.69 Å². The number of aryl methyl sites for hydroxylation is 1. The van der Waals surface area contributed by atoms with Gasteiger partial charge in [0, 0.05) is 5.69 Å². The summed E-state index contributed by atoms with van der Waals surface area (Å²) in [5.74, 6) is -0.817. The first kappa shape index (κ1) is 11.1. The minimum Gasteiger partial charge on any atom is -0.397 e. The fraction of sp³-hybridized carbons (Fsp3) is 0.250. The molecular formula is C8H6F3N3O. The number of alkyl halides is 3. The van der Waals surface area contributed by atoms with Crippen LogP contribution in [0.15, 0.2) is 6.07 Å². The third-order valence-corrected chi connectivity index (χ3v) is 1.47. The molecule has 0 aromatic carbocycles. The number of rotatable bonds is 1. The van der Waals surface area contributed by atoms with Gasteiger partial charge in [-0.15, -0.1) is 13.2 Å². The molecule has 2 N–H and O–H groups in total. The second-order valence-corrected chi connectivity index (χ2v) is 2.69. The number of hydrogen-bond donors (Lipinski definition) is 1. The van der Waals surface area contributed by atoms with E-state index < -0.39 is 17.8 Å². The summed E-state index contributed by atoms with van der Waals surface area (Å²) in [6, 6.07) is 2.79. The summed E-state index contributed by atoms with van der Waals surface area (Å²) in [5.41, 5.74) is 5.07. The predicted molar refractivity (Wildman–Crippen MR) is 44.8 cm³/mol. The van der Waals surface area contributed by atoms with Crippen LogP contribution < -0.4 is 10.5 Å². The van der Waals surface area contributed by atoms with Crippen LogP contribution in [0, 0.1) is 18.3 Å². The van der Waals surface area contributed by atoms with Crippen molar-refractivity contribution in [3.63, 3.8) is 0 Å². The standard InChI is InChI=1S/C8H6F3N3O/c1-4-2-6(13)5(3-12)7(14-4)15-8(9,10)11/h2H,1H3,(H2,13,14). The lowest BCUT2D eigenvalue weighted by Gasteiger charge is -2.10. The van der Waals surface area contributed by atoms with E-state index in [0.717, 1.165) is 0 Å². The average molecular weight is 217 g/mol. The highest BCUT2D eigenvalue weighted by atomic mass is 19.4. The number of anilines is 1. The number of nitriles is 1. The van der Waals surface area contributed by atoms with Crippen LogP contribution in [0.25, 0.3) is 0 Å². The van der Waals surface area contributed by atoms with E-state index in [-0.39, 0.29) is 11.4 Å². The molecule has 0 fully saturated rings. The summed E-state index contributed by atoms with van der Waals surface area (Å²) >= 11 is 0. The van der Waals surface area contributed by atoms with E-state index in [1.54, 1.807) is 0 Å². The predicted octanol–water partition coefficient (Wildman–Crippen LogP) is 1.74. The molecule has 0 bridgehead atoms. The van der Waals surface area contributed by atoms with Crippen molar-refractivity contribution in [1.82, 2.24) is 4.98 Å². The van der Waals surface area contributed by atoms with E-state index >= 15 is 0 Å². The molecule has 0 saturated heterocycles. The van der Waals surface area contributed by atoms with Gasteiger partial charge in [0.15, 0.2) is 0 Å². The second-order valence-electron chi connectivity index (χ2n) is 2.69. The number of halogens is 3. The molecule has 0 amide bonds. The van der Waals surface area contributed by atoms with Crippen LogP contribution >= 0.6 is 0 Å². The molecule has 0 spiro atoms. The molecule has 0 saturated carbocycles. The van der Waals surface area contributed by atoms with Gasteiger partial charge in [0.25, 0.3) is 0 Å². The van der Waals surface area contributed by atoms with Gasteiger partial charge in [-0.3, -0.25) is 0 Å². The molecule has 1 rings (SSSR count). The Morgan fingerprint density at radius 3 is 2.60 bits per heavy atom. The van der Waals surface area contributed by atoms with Gasteiger partial charge in [0.2, 0.25) is 5.88 Å². The summed E-state index contributed by atoms with van der Waals surface area (Å²) in [5, 5.41) is 8.57. The molecule has 1 aromatic heterocycles. The van der Waals surface area contributed by atoms with Crippen molar-refractivity contribution in [3.8, 4) is 11.9 Å². The molecule has 80 valence electrons. The highest BCUT2D eigenvalue weighted by Gasteiger charge is 2.33. The monoisotopic (exact) mass is 217 g/mol. The molecule has 0 aliphatic carbocycles. The normalized spacial score (nSPS) is 10.9. The maximum absolute atomic E-state index is 11.9. The van der Waals surface area contributed by atoms with E-state index in [1.165, 1.54) is 19.1 Å². The fourth-order valence-electron chi connectivity index (χ4n) is 0.965. The first-order chi connectivity index (χ1) is 6.83. The van der Waals surface area contributed by atoms with Gasteiger partial charge >= 0.3 is 6.36 Å². The number of nitrogens with zero attached hydrogens (tertiary/aromatic N) is 2. The van der Waals surface area contributed by atoms with Crippen LogP contribution in [-0.4, -0.2) is 11.3 Å². The van der Waals surface area contributed by atoms with E-state index in [1.807, 2.05) is 0 Å². The van der Waals surface area contributed by atoms with Crippen LogP contribution in [0.5, 0.6) is 5.88 Å². The quantitative estimate of drug-likeness (QED) is 0.777. The molecule has 1 aromatic rings. The van der Waals surface area contributed by atoms with E-state index in [0.29, 0.717) is 0 Å². The summed E-state index contributed by atoms with van der Waals surface area (Å²) < 4.78 is 39.3. The van der Waals surface area contributed by atoms with Crippen molar-refractivity contribution < 1.29 is 17.9 Å². The van der Waals surface area contributed by atoms with E-state index in [2.05, 4.69) is 9.72 Å². The van der Waals surface area contributed by atoms with Crippen LogP contribution in [0.4, 0.5) is 18.9 Å². The Hall–Kier alpha value is -1.97. The Kier molecular flexibility index (Phi) is 2.70. The number of hydrogen-bond acceptors (Lipinski definition) is 4. The Morgan fingerprint density at radius 2 is 2.13 bits per heavy atom. The highest BCUT2D eigenvalue weighted by molar-refractivity contribution is 5.59. The Bertz CT molecular complexity index is 422. The number of ether oxygens (including phenoxy) is 1. The van der Waals surface area contributed by atoms with Crippen molar-refractivity contribution in [3.05, 3.63) is 17.3 Å². The molecule has 0 atom stereocenters. The van der Waals surface area contributed by atoms with Crippen LogP contribution in [0.2, 0.25) is 0 Å². The molecule has 15 heavy (non-hydrogen) atoms. The van der Waals surface area contributed by atoms with Gasteiger partial charge in [-0.05, 0) is 13.0 Å². The smallest absolute Gasteiger partial charge is 0.397 e. The fourth-order valence-corrected chi connectivity index (χ4v) is 0.965. The van der Waals surface area contributed by atoms with Crippen LogP contribution in [0.3, 0.4) is 0 Å². The number of pyridine rings is 1. The van der Waals surface area contributed by atoms with Crippen LogP contribution in [-0.2, 0) is 0 Å². The van der Waals surface area contributed by atoms with Crippen molar-refractivity contribution in [1.29, 1.82) is 5.26 Å². The second kappa shape index (κ2) is 3.65. The van der Waals surface area contributed by atoms with Gasteiger partial charge in [-0.25, -0.2) is 4.98 Å². The van der Waals surface area contributed by atoms with Gasteiger partial charge in [-0.2, -0.15) is 5.26 Å². The molecule has 0 aliphatic rings. The lowest BCUT2D eigenvalue weighted by Crippen LogP contribution is -2.19. The number of nitrogen functional groups attached to an aromatic ring is 1. The SMILES string of the molecule is Cc1cc(N)c(C#N)c(OC(F)(F)F)n1. The Balaban J connectivity index is 3.23. The molecule has 0 radical (unpaired) electrons. The number of aromatic nitrogens is 1. The zero-order valence-electron chi connectivity index (χ0n) is 7.59. The third-order valence-electron chi connectivity index (χ3n) is 1.47. The van der Waals surface area contributed by atoms with Crippen molar-refractivity contribution in [2.24, 2.45) is 0 Å². The molecule has 7 heteroatoms. The topological polar surface area (TPSA) is 71.9 Å². The largest absolute Gasteiger partial charge is 0.574 e. The average Bonchev–Trinajstić information content (AvgIpc) is 1.99. The van der Waals surface area contributed by atoms with Gasteiger partial charge < -0.3 is 10.5 Å². The lowest BCUT2D eigenvalue weighted by atomic mass is 10.2. The summed E-state index contributed by atoms with van der Waals surface area (Å²) in [7, 11) is 0. The maximum Gasteiger partial charge on any atom is 0.574 e. The van der Waals surface area contributed by atoms with Gasteiger partial charge in [-0.1, -0.05) is 0 Å². The van der Waals surface area contributed by atoms with Crippen molar-refractivity contribution in [2.45, 2.75) is 13.3 Å². The first-order valence-corrected chi connectivity index (χ1v) is 3.76. The summed E-state index contributed by atoms with van der Waals surface area (Å²) in [6.07, 6.45) is -4.89. The minimum atomic E-state index is -4.89. The zero-order valence-corrected chi connectivity index (χ0v) is 7.59. The third kappa shape index (κ3) is 2.74. The molecule has 4 nitrogen and oxygen atoms in total. The van der Waals surface area contributed by atoms with E-state index in [4.69, 9.17) is 11.0 Å². The minimum absolute atomic E-state index is 0.0933. The summed E-state index contributed by atoms with van der Waals surface area (Å²) in [6.45, 7) is 1.45. The van der Waals surface area contributed by atoms with Gasteiger partial charge in [0.1, 0.15) is 11.6 Å². The Morgan fingerprint density at radius 1 is 1.53 bits per heavy atom. The first-order valence-electron chi connectivity index (χ1n) is 3.76. The van der Waals surface area contributed by atoms with Crippen LogP contribution in [0.1, 0.15) is 11.3 Å². The summed E-state index contributed by atoms with van der Waals surface area (Å²) in [4.78, 5) is 3.45. The molecule has 0 unspecified atom stereocenters. The molecular weight excluding hydrogens is 211 g/mol. The number of nitrogens with two attached hydrogens (primary N) is 1. The molecule has 0 aliphatic heterocycles. The highest BCUT2D eigenvalue weighted by Crippen LogP contribution is 2.27. The Labute approximate surface area is 83.1 Å². The van der Waals surface area contributed by atoms with E-state index in [9.17, 15) is 13.2 Å². The van der Waals surface area contributed by atoms with Gasteiger partial charge in [0.05, 0.1) is 5.69 Å². The zero-order chi connectivity index (χ0) is 11.6. The lowest BCUT2D eigenvalue weighted by molar-refractivity contribution is -0.276. The molecule has 1 heterocycles.